The highest BCUT2D eigenvalue weighted by atomic mass is 32.1. The monoisotopic (exact) mass is 374 g/mol. The Morgan fingerprint density at radius 3 is 2.65 bits per heavy atom. The summed E-state index contributed by atoms with van der Waals surface area (Å²) in [4.78, 5) is 28.6. The Hall–Kier alpha value is -1.69. The van der Waals surface area contributed by atoms with Crippen LogP contribution in [0.1, 0.15) is 50.0 Å². The number of aromatic nitrogens is 2. The second-order valence-electron chi connectivity index (χ2n) is 7.19. The number of nitrogens with zero attached hydrogens (tertiary/aromatic N) is 4. The molecule has 3 rings (SSSR count). The maximum absolute atomic E-state index is 12.8. The third-order valence-corrected chi connectivity index (χ3v) is 6.68. The van der Waals surface area contributed by atoms with Crippen LogP contribution in [-0.2, 0) is 4.79 Å². The molecule has 1 fully saturated rings. The standard InChI is InChI=1S/C20H30N4OS/c1-5-7-10-23(6-2)20(25)16-8-11-24(12-9-16)18-17-14(3)15(4)26-19(17)22-13-21-18/h13,16H,5-12H2,1-4H3. The van der Waals surface area contributed by atoms with Gasteiger partial charge in [0.25, 0.3) is 0 Å². The zero-order valence-corrected chi connectivity index (χ0v) is 17.2. The van der Waals surface area contributed by atoms with Crippen molar-refractivity contribution in [3.8, 4) is 0 Å². The van der Waals surface area contributed by atoms with Crippen molar-refractivity contribution < 1.29 is 4.79 Å². The maximum atomic E-state index is 12.8. The number of rotatable bonds is 6. The molecule has 1 aliphatic rings. The van der Waals surface area contributed by atoms with Gasteiger partial charge in [-0.15, -0.1) is 11.3 Å². The molecule has 142 valence electrons. The molecule has 0 saturated carbocycles. The normalized spacial score (nSPS) is 15.6. The number of piperidine rings is 1. The Morgan fingerprint density at radius 2 is 2.00 bits per heavy atom. The van der Waals surface area contributed by atoms with Crippen molar-refractivity contribution >= 4 is 33.3 Å². The number of amides is 1. The van der Waals surface area contributed by atoms with Gasteiger partial charge in [-0.3, -0.25) is 4.79 Å². The zero-order valence-electron chi connectivity index (χ0n) is 16.4. The number of hydrogen-bond acceptors (Lipinski definition) is 5. The van der Waals surface area contributed by atoms with E-state index in [-0.39, 0.29) is 5.92 Å². The summed E-state index contributed by atoms with van der Waals surface area (Å²) in [7, 11) is 0. The van der Waals surface area contributed by atoms with Gasteiger partial charge in [0.2, 0.25) is 5.91 Å². The van der Waals surface area contributed by atoms with Gasteiger partial charge in [0, 0.05) is 37.0 Å². The first-order valence-corrected chi connectivity index (χ1v) is 10.6. The molecule has 0 atom stereocenters. The number of hydrogen-bond donors (Lipinski definition) is 0. The summed E-state index contributed by atoms with van der Waals surface area (Å²) >= 11 is 1.74. The highest BCUT2D eigenvalue weighted by Gasteiger charge is 2.29. The van der Waals surface area contributed by atoms with E-state index in [1.165, 1.54) is 15.8 Å². The van der Waals surface area contributed by atoms with Crippen LogP contribution in [0.15, 0.2) is 6.33 Å². The number of unbranched alkanes of at least 4 members (excludes halogenated alkanes) is 1. The van der Waals surface area contributed by atoms with Gasteiger partial charge in [0.1, 0.15) is 17.0 Å². The van der Waals surface area contributed by atoms with Gasteiger partial charge in [0.15, 0.2) is 0 Å². The van der Waals surface area contributed by atoms with Gasteiger partial charge in [-0.1, -0.05) is 13.3 Å². The van der Waals surface area contributed by atoms with Crippen LogP contribution in [0.5, 0.6) is 0 Å². The predicted molar refractivity (Wildman–Crippen MR) is 109 cm³/mol. The van der Waals surface area contributed by atoms with Crippen LogP contribution in [0.2, 0.25) is 0 Å². The van der Waals surface area contributed by atoms with Crippen LogP contribution < -0.4 is 4.90 Å². The highest BCUT2D eigenvalue weighted by molar-refractivity contribution is 7.18. The molecule has 2 aromatic rings. The zero-order chi connectivity index (χ0) is 18.7. The second-order valence-corrected chi connectivity index (χ2v) is 8.40. The average molecular weight is 375 g/mol. The first-order valence-electron chi connectivity index (χ1n) is 9.81. The van der Waals surface area contributed by atoms with E-state index < -0.39 is 0 Å². The van der Waals surface area contributed by atoms with Gasteiger partial charge < -0.3 is 9.80 Å². The van der Waals surface area contributed by atoms with Crippen molar-refractivity contribution in [2.75, 3.05) is 31.1 Å². The van der Waals surface area contributed by atoms with Crippen molar-refractivity contribution in [1.29, 1.82) is 0 Å². The predicted octanol–water partition coefficient (Wildman–Crippen LogP) is 4.17. The van der Waals surface area contributed by atoms with E-state index in [9.17, 15) is 4.79 Å². The fourth-order valence-electron chi connectivity index (χ4n) is 3.77. The largest absolute Gasteiger partial charge is 0.356 e. The molecule has 0 spiro atoms. The summed E-state index contributed by atoms with van der Waals surface area (Å²) < 4.78 is 0. The number of carbonyl (C=O) groups is 1. The second kappa shape index (κ2) is 8.33. The lowest BCUT2D eigenvalue weighted by molar-refractivity contribution is -0.136. The Bertz CT molecular complexity index is 765. The fourth-order valence-corrected chi connectivity index (χ4v) is 4.76. The maximum Gasteiger partial charge on any atom is 0.225 e. The number of anilines is 1. The van der Waals surface area contributed by atoms with Crippen LogP contribution >= 0.6 is 11.3 Å². The minimum atomic E-state index is 0.158. The molecule has 0 N–H and O–H groups in total. The number of thiophene rings is 1. The Labute approximate surface area is 160 Å². The van der Waals surface area contributed by atoms with Gasteiger partial charge >= 0.3 is 0 Å². The Morgan fingerprint density at radius 1 is 1.27 bits per heavy atom. The molecule has 1 saturated heterocycles. The van der Waals surface area contributed by atoms with E-state index >= 15 is 0 Å². The lowest BCUT2D eigenvalue weighted by Gasteiger charge is -2.35. The van der Waals surface area contributed by atoms with E-state index in [0.29, 0.717) is 5.91 Å². The molecule has 6 heteroatoms. The van der Waals surface area contributed by atoms with Crippen LogP contribution in [0, 0.1) is 19.8 Å². The molecule has 0 bridgehead atoms. The molecule has 1 aliphatic heterocycles. The molecule has 1 amide bonds. The van der Waals surface area contributed by atoms with E-state index in [0.717, 1.165) is 62.5 Å². The lowest BCUT2D eigenvalue weighted by atomic mass is 9.95. The molecule has 2 aromatic heterocycles. The number of fused-ring (bicyclic) bond motifs is 1. The van der Waals surface area contributed by atoms with Crippen LogP contribution in [0.3, 0.4) is 0 Å². The smallest absolute Gasteiger partial charge is 0.225 e. The third kappa shape index (κ3) is 3.70. The van der Waals surface area contributed by atoms with Crippen LogP contribution in [0.4, 0.5) is 5.82 Å². The summed E-state index contributed by atoms with van der Waals surface area (Å²) in [5.74, 6) is 1.54. The molecular formula is C20H30N4OS. The molecule has 3 heterocycles. The van der Waals surface area contributed by atoms with Crippen molar-refractivity contribution in [2.45, 2.75) is 53.4 Å². The van der Waals surface area contributed by atoms with Gasteiger partial charge in [-0.25, -0.2) is 9.97 Å². The first kappa shape index (κ1) is 19.1. The topological polar surface area (TPSA) is 49.3 Å². The number of aryl methyl sites for hydroxylation is 2. The molecule has 26 heavy (non-hydrogen) atoms. The molecule has 5 nitrogen and oxygen atoms in total. The van der Waals surface area contributed by atoms with Crippen molar-refractivity contribution in [1.82, 2.24) is 14.9 Å². The average Bonchev–Trinajstić information content (AvgIpc) is 2.96. The molecule has 0 aliphatic carbocycles. The van der Waals surface area contributed by atoms with E-state index in [1.807, 2.05) is 4.90 Å². The fraction of sp³-hybridized carbons (Fsp3) is 0.650. The third-order valence-electron chi connectivity index (χ3n) is 5.56. The quantitative estimate of drug-likeness (QED) is 0.761. The van der Waals surface area contributed by atoms with Crippen LogP contribution in [-0.4, -0.2) is 47.0 Å². The van der Waals surface area contributed by atoms with Crippen LogP contribution in [0.25, 0.3) is 10.2 Å². The van der Waals surface area contributed by atoms with Gasteiger partial charge in [-0.05, 0) is 45.6 Å². The molecule has 0 radical (unpaired) electrons. The van der Waals surface area contributed by atoms with Gasteiger partial charge in [0.05, 0.1) is 5.39 Å². The SMILES string of the molecule is CCCCN(CC)C(=O)C1CCN(c2ncnc3sc(C)c(C)c23)CC1. The molecule has 0 aromatic carbocycles. The van der Waals surface area contributed by atoms with Crippen molar-refractivity contribution in [3.05, 3.63) is 16.8 Å². The lowest BCUT2D eigenvalue weighted by Crippen LogP contribution is -2.43. The first-order chi connectivity index (χ1) is 12.6. The van der Waals surface area contributed by atoms with Crippen molar-refractivity contribution in [3.63, 3.8) is 0 Å². The summed E-state index contributed by atoms with van der Waals surface area (Å²) in [5.41, 5.74) is 1.29. The van der Waals surface area contributed by atoms with Gasteiger partial charge in [-0.2, -0.15) is 0 Å². The van der Waals surface area contributed by atoms with Crippen molar-refractivity contribution in [2.24, 2.45) is 5.92 Å². The minimum Gasteiger partial charge on any atom is -0.356 e. The molecular weight excluding hydrogens is 344 g/mol. The van der Waals surface area contributed by atoms with E-state index in [4.69, 9.17) is 0 Å². The Kier molecular flexibility index (Phi) is 6.12. The summed E-state index contributed by atoms with van der Waals surface area (Å²) in [5, 5.41) is 1.19. The summed E-state index contributed by atoms with van der Waals surface area (Å²) in [6.07, 6.45) is 5.72. The minimum absolute atomic E-state index is 0.158. The van der Waals surface area contributed by atoms with E-state index in [1.54, 1.807) is 17.7 Å². The summed E-state index contributed by atoms with van der Waals surface area (Å²) in [6, 6.07) is 0. The number of carbonyl (C=O) groups excluding carboxylic acids is 1. The summed E-state index contributed by atoms with van der Waals surface area (Å²) in [6.45, 7) is 12.1. The van der Waals surface area contributed by atoms with E-state index in [2.05, 4.69) is 42.6 Å². The molecule has 0 unspecified atom stereocenters. The highest BCUT2D eigenvalue weighted by Crippen LogP contribution is 2.35. The Balaban J connectivity index is 1.70.